The van der Waals surface area contributed by atoms with Gasteiger partial charge < -0.3 is 14.7 Å². The summed E-state index contributed by atoms with van der Waals surface area (Å²) in [7, 11) is 0. The third-order valence-corrected chi connectivity index (χ3v) is 2.88. The summed E-state index contributed by atoms with van der Waals surface area (Å²) in [5, 5.41) is 6.40. The Hall–Kier alpha value is -1.59. The van der Waals surface area contributed by atoms with Gasteiger partial charge in [-0.2, -0.15) is 4.98 Å². The van der Waals surface area contributed by atoms with Crippen LogP contribution in [-0.4, -0.2) is 34.2 Å². The molecular formula is C10H16N4O2. The van der Waals surface area contributed by atoms with Gasteiger partial charge in [-0.15, -0.1) is 0 Å². The van der Waals surface area contributed by atoms with Crippen molar-refractivity contribution in [2.24, 2.45) is 5.92 Å². The van der Waals surface area contributed by atoms with E-state index >= 15 is 0 Å². The molecule has 0 spiro atoms. The zero-order valence-corrected chi connectivity index (χ0v) is 9.35. The second-order valence-electron chi connectivity index (χ2n) is 4.18. The second kappa shape index (κ2) is 4.96. The lowest BCUT2D eigenvalue weighted by Gasteiger charge is -2.30. The molecule has 0 saturated carbocycles. The Bertz CT molecular complexity index is 331. The molecule has 1 aromatic heterocycles. The minimum atomic E-state index is -0.0447. The van der Waals surface area contributed by atoms with Crippen LogP contribution in [0.15, 0.2) is 10.9 Å². The van der Waals surface area contributed by atoms with Crippen molar-refractivity contribution >= 4 is 6.03 Å². The molecule has 0 aliphatic carbocycles. The fourth-order valence-corrected chi connectivity index (χ4v) is 1.75. The second-order valence-corrected chi connectivity index (χ2v) is 4.18. The molecule has 1 aliphatic heterocycles. The van der Waals surface area contributed by atoms with Gasteiger partial charge in [0.05, 0.1) is 6.54 Å². The number of carbonyl (C=O) groups excluding carboxylic acids is 1. The smallest absolute Gasteiger partial charge is 0.317 e. The van der Waals surface area contributed by atoms with Crippen LogP contribution in [0.4, 0.5) is 4.79 Å². The molecule has 1 N–H and O–H groups in total. The van der Waals surface area contributed by atoms with Crippen molar-refractivity contribution in [3.63, 3.8) is 0 Å². The van der Waals surface area contributed by atoms with Gasteiger partial charge in [-0.05, 0) is 18.8 Å². The average molecular weight is 224 g/mol. The van der Waals surface area contributed by atoms with E-state index in [1.807, 2.05) is 4.90 Å². The lowest BCUT2D eigenvalue weighted by molar-refractivity contribution is 0.173. The zero-order valence-electron chi connectivity index (χ0n) is 9.35. The fraction of sp³-hybridized carbons (Fsp3) is 0.700. The zero-order chi connectivity index (χ0) is 11.4. The number of piperidine rings is 1. The van der Waals surface area contributed by atoms with E-state index in [-0.39, 0.29) is 6.03 Å². The van der Waals surface area contributed by atoms with E-state index < -0.39 is 0 Å². The summed E-state index contributed by atoms with van der Waals surface area (Å²) < 4.78 is 4.58. The maximum Gasteiger partial charge on any atom is 0.317 e. The Morgan fingerprint density at radius 2 is 2.38 bits per heavy atom. The summed E-state index contributed by atoms with van der Waals surface area (Å²) in [5.41, 5.74) is 0. The normalized spacial score (nSPS) is 17.4. The molecule has 6 nitrogen and oxygen atoms in total. The molecule has 0 atom stereocenters. The van der Waals surface area contributed by atoms with E-state index in [0.717, 1.165) is 31.8 Å². The molecule has 2 rings (SSSR count). The maximum atomic E-state index is 11.7. The van der Waals surface area contributed by atoms with Crippen LogP contribution in [-0.2, 0) is 6.54 Å². The number of hydrogen-bond donors (Lipinski definition) is 1. The van der Waals surface area contributed by atoms with Gasteiger partial charge in [0.2, 0.25) is 6.39 Å². The van der Waals surface area contributed by atoms with Crippen LogP contribution in [0.1, 0.15) is 25.6 Å². The van der Waals surface area contributed by atoms with Gasteiger partial charge in [0.25, 0.3) is 0 Å². The van der Waals surface area contributed by atoms with Gasteiger partial charge in [0, 0.05) is 13.1 Å². The molecule has 16 heavy (non-hydrogen) atoms. The summed E-state index contributed by atoms with van der Waals surface area (Å²) in [5.74, 6) is 1.22. The van der Waals surface area contributed by atoms with Crippen molar-refractivity contribution in [1.82, 2.24) is 20.4 Å². The lowest BCUT2D eigenvalue weighted by atomic mass is 10.00. The van der Waals surface area contributed by atoms with Crippen molar-refractivity contribution in [2.75, 3.05) is 13.1 Å². The van der Waals surface area contributed by atoms with Gasteiger partial charge in [-0.1, -0.05) is 12.1 Å². The Labute approximate surface area is 94.0 Å². The lowest BCUT2D eigenvalue weighted by Crippen LogP contribution is -2.43. The van der Waals surface area contributed by atoms with Crippen molar-refractivity contribution < 1.29 is 9.32 Å². The van der Waals surface area contributed by atoms with Gasteiger partial charge in [-0.3, -0.25) is 0 Å². The van der Waals surface area contributed by atoms with Crippen molar-refractivity contribution in [2.45, 2.75) is 26.3 Å². The van der Waals surface area contributed by atoms with Gasteiger partial charge in [-0.25, -0.2) is 4.79 Å². The Morgan fingerprint density at radius 3 is 3.00 bits per heavy atom. The first-order chi connectivity index (χ1) is 7.75. The maximum absolute atomic E-state index is 11.7. The fourth-order valence-electron chi connectivity index (χ4n) is 1.75. The van der Waals surface area contributed by atoms with Crippen LogP contribution in [0.5, 0.6) is 0 Å². The Kier molecular flexibility index (Phi) is 3.38. The highest BCUT2D eigenvalue weighted by Gasteiger charge is 2.19. The van der Waals surface area contributed by atoms with E-state index in [1.165, 1.54) is 6.39 Å². The van der Waals surface area contributed by atoms with E-state index in [0.29, 0.717) is 12.4 Å². The number of nitrogens with one attached hydrogen (secondary N) is 1. The molecule has 6 heteroatoms. The Morgan fingerprint density at radius 1 is 1.62 bits per heavy atom. The third kappa shape index (κ3) is 2.71. The number of amides is 2. The number of rotatable bonds is 2. The standard InChI is InChI=1S/C10H16N4O2/c1-8-2-4-14(5-3-8)10(15)11-6-9-12-7-16-13-9/h7-8H,2-6H2,1H3,(H,11,15). The van der Waals surface area contributed by atoms with E-state index in [9.17, 15) is 4.79 Å². The van der Waals surface area contributed by atoms with E-state index in [1.54, 1.807) is 0 Å². The topological polar surface area (TPSA) is 71.3 Å². The number of urea groups is 1. The third-order valence-electron chi connectivity index (χ3n) is 2.88. The predicted molar refractivity (Wildman–Crippen MR) is 56.5 cm³/mol. The summed E-state index contributed by atoms with van der Waals surface area (Å²) in [6.07, 6.45) is 3.41. The summed E-state index contributed by atoms with van der Waals surface area (Å²) in [6, 6.07) is -0.0447. The van der Waals surface area contributed by atoms with Crippen LogP contribution in [0.2, 0.25) is 0 Å². The molecular weight excluding hydrogens is 208 g/mol. The van der Waals surface area contributed by atoms with Crippen LogP contribution >= 0.6 is 0 Å². The van der Waals surface area contributed by atoms with Crippen LogP contribution < -0.4 is 5.32 Å². The van der Waals surface area contributed by atoms with Crippen molar-refractivity contribution in [3.8, 4) is 0 Å². The SMILES string of the molecule is CC1CCN(C(=O)NCc2ncon2)CC1. The molecule has 1 aromatic rings. The number of likely N-dealkylation sites (tertiary alicyclic amines) is 1. The Balaban J connectivity index is 1.75. The first-order valence-corrected chi connectivity index (χ1v) is 5.53. The average Bonchev–Trinajstić information content (AvgIpc) is 2.80. The van der Waals surface area contributed by atoms with Crippen LogP contribution in [0, 0.1) is 5.92 Å². The number of hydrogen-bond acceptors (Lipinski definition) is 4. The molecule has 0 radical (unpaired) electrons. The van der Waals surface area contributed by atoms with Gasteiger partial charge >= 0.3 is 6.03 Å². The minimum absolute atomic E-state index is 0.0447. The molecule has 2 amide bonds. The molecule has 0 bridgehead atoms. The minimum Gasteiger partial charge on any atom is -0.343 e. The summed E-state index contributed by atoms with van der Waals surface area (Å²) in [6.45, 7) is 4.20. The van der Waals surface area contributed by atoms with Crippen LogP contribution in [0.3, 0.4) is 0 Å². The van der Waals surface area contributed by atoms with Crippen LogP contribution in [0.25, 0.3) is 0 Å². The number of carbonyl (C=O) groups is 1. The highest BCUT2D eigenvalue weighted by atomic mass is 16.5. The van der Waals surface area contributed by atoms with Gasteiger partial charge in [0.1, 0.15) is 0 Å². The number of aromatic nitrogens is 2. The molecule has 1 fully saturated rings. The highest BCUT2D eigenvalue weighted by molar-refractivity contribution is 5.74. The van der Waals surface area contributed by atoms with Crippen molar-refractivity contribution in [3.05, 3.63) is 12.2 Å². The van der Waals surface area contributed by atoms with Gasteiger partial charge in [0.15, 0.2) is 5.82 Å². The van der Waals surface area contributed by atoms with E-state index in [4.69, 9.17) is 0 Å². The first-order valence-electron chi connectivity index (χ1n) is 5.53. The quantitative estimate of drug-likeness (QED) is 0.813. The largest absolute Gasteiger partial charge is 0.343 e. The molecule has 88 valence electrons. The first kappa shape index (κ1) is 10.9. The van der Waals surface area contributed by atoms with E-state index in [2.05, 4.69) is 26.9 Å². The highest BCUT2D eigenvalue weighted by Crippen LogP contribution is 2.15. The monoisotopic (exact) mass is 224 g/mol. The summed E-state index contributed by atoms with van der Waals surface area (Å²) in [4.78, 5) is 17.4. The molecule has 1 aliphatic rings. The number of nitrogens with zero attached hydrogens (tertiary/aromatic N) is 3. The molecule has 0 aromatic carbocycles. The molecule has 0 unspecified atom stereocenters. The summed E-state index contributed by atoms with van der Waals surface area (Å²) >= 11 is 0. The van der Waals surface area contributed by atoms with Crippen molar-refractivity contribution in [1.29, 1.82) is 0 Å². The molecule has 2 heterocycles. The molecule has 1 saturated heterocycles. The predicted octanol–water partition coefficient (Wildman–Crippen LogP) is 1.01.